The van der Waals surface area contributed by atoms with Gasteiger partial charge in [-0.1, -0.05) is 40.9 Å². The lowest BCUT2D eigenvalue weighted by Gasteiger charge is -2.04. The molecule has 0 aliphatic rings. The summed E-state index contributed by atoms with van der Waals surface area (Å²) >= 11 is 17.6. The number of nitrogens with zero attached hydrogens (tertiary/aromatic N) is 1. The van der Waals surface area contributed by atoms with Crippen molar-refractivity contribution < 1.29 is 5.11 Å². The molecule has 0 aromatic heterocycles. The Labute approximate surface area is 97.1 Å². The molecule has 2 nitrogen and oxygen atoms in total. The number of hydrogen-bond donors (Lipinski definition) is 1. The molecule has 76 valence electrons. The second-order valence-corrected chi connectivity index (χ2v) is 3.80. The third-order valence-electron chi connectivity index (χ3n) is 1.63. The zero-order valence-corrected chi connectivity index (χ0v) is 9.44. The average Bonchev–Trinajstić information content (AvgIpc) is 2.12. The van der Waals surface area contributed by atoms with Crippen molar-refractivity contribution in [1.82, 2.24) is 0 Å². The molecule has 0 amide bonds. The van der Waals surface area contributed by atoms with E-state index in [4.69, 9.17) is 39.9 Å². The molecule has 1 aromatic carbocycles. The summed E-state index contributed by atoms with van der Waals surface area (Å²) in [5, 5.41) is 9.89. The van der Waals surface area contributed by atoms with E-state index in [1.807, 2.05) is 0 Å². The number of hydrogen-bond acceptors (Lipinski definition) is 2. The molecule has 0 saturated carbocycles. The van der Waals surface area contributed by atoms with Crippen LogP contribution in [0.2, 0.25) is 10.0 Å². The van der Waals surface area contributed by atoms with Gasteiger partial charge in [0, 0.05) is 16.5 Å². The van der Waals surface area contributed by atoms with E-state index < -0.39 is 0 Å². The number of benzene rings is 1. The third kappa shape index (κ3) is 3.14. The SMILES string of the molecule is OCN=C(Cl)Cc1c(Cl)cccc1Cl. The molecule has 0 saturated heterocycles. The van der Waals surface area contributed by atoms with Gasteiger partial charge >= 0.3 is 0 Å². The Morgan fingerprint density at radius 1 is 1.29 bits per heavy atom. The predicted octanol–water partition coefficient (Wildman–Crippen LogP) is 3.12. The summed E-state index contributed by atoms with van der Waals surface area (Å²) in [6.07, 6.45) is 0.334. The lowest BCUT2D eigenvalue weighted by Crippen LogP contribution is -1.97. The first-order chi connectivity index (χ1) is 6.65. The van der Waals surface area contributed by atoms with Gasteiger partial charge in [-0.2, -0.15) is 0 Å². The van der Waals surface area contributed by atoms with Crippen molar-refractivity contribution in [2.24, 2.45) is 4.99 Å². The lowest BCUT2D eigenvalue weighted by molar-refractivity contribution is 0.309. The quantitative estimate of drug-likeness (QED) is 0.824. The topological polar surface area (TPSA) is 32.6 Å². The molecule has 0 aliphatic heterocycles. The Morgan fingerprint density at radius 3 is 2.36 bits per heavy atom. The molecule has 1 rings (SSSR count). The summed E-state index contributed by atoms with van der Waals surface area (Å²) in [6.45, 7) is -0.332. The fraction of sp³-hybridized carbons (Fsp3) is 0.222. The number of rotatable bonds is 3. The van der Waals surface area contributed by atoms with Crippen LogP contribution in [0.1, 0.15) is 5.56 Å². The second-order valence-electron chi connectivity index (χ2n) is 2.55. The predicted molar refractivity (Wildman–Crippen MR) is 60.5 cm³/mol. The van der Waals surface area contributed by atoms with Crippen molar-refractivity contribution in [2.45, 2.75) is 6.42 Å². The Hall–Kier alpha value is -0.280. The molecule has 0 atom stereocenters. The molecule has 0 aliphatic carbocycles. The van der Waals surface area contributed by atoms with Gasteiger partial charge < -0.3 is 5.11 Å². The number of aliphatic hydroxyl groups excluding tert-OH is 1. The summed E-state index contributed by atoms with van der Waals surface area (Å²) in [4.78, 5) is 3.62. The summed E-state index contributed by atoms with van der Waals surface area (Å²) in [7, 11) is 0. The van der Waals surface area contributed by atoms with E-state index in [2.05, 4.69) is 4.99 Å². The van der Waals surface area contributed by atoms with Crippen LogP contribution in [0.4, 0.5) is 0 Å². The highest BCUT2D eigenvalue weighted by atomic mass is 35.5. The van der Waals surface area contributed by atoms with Crippen LogP contribution in [0.25, 0.3) is 0 Å². The number of halogens is 3. The second kappa shape index (κ2) is 5.56. The molecule has 1 N–H and O–H groups in total. The molecule has 0 unspecified atom stereocenters. The smallest absolute Gasteiger partial charge is 0.135 e. The first-order valence-corrected chi connectivity index (χ1v) is 5.01. The summed E-state index contributed by atoms with van der Waals surface area (Å²) < 4.78 is 0. The van der Waals surface area contributed by atoms with Gasteiger partial charge in [0.25, 0.3) is 0 Å². The van der Waals surface area contributed by atoms with Crippen LogP contribution in [0.5, 0.6) is 0 Å². The molecule has 5 heteroatoms. The van der Waals surface area contributed by atoms with E-state index in [9.17, 15) is 0 Å². The monoisotopic (exact) mass is 251 g/mol. The highest BCUT2D eigenvalue weighted by molar-refractivity contribution is 6.65. The van der Waals surface area contributed by atoms with Crippen LogP contribution in [0.15, 0.2) is 23.2 Å². The number of aliphatic hydroxyl groups is 1. The summed E-state index contributed by atoms with van der Waals surface area (Å²) in [5.74, 6) is 0. The summed E-state index contributed by atoms with van der Waals surface area (Å²) in [6, 6.07) is 5.21. The zero-order chi connectivity index (χ0) is 10.6. The van der Waals surface area contributed by atoms with Crippen LogP contribution < -0.4 is 0 Å². The maximum Gasteiger partial charge on any atom is 0.135 e. The molecule has 1 aromatic rings. The van der Waals surface area contributed by atoms with E-state index in [-0.39, 0.29) is 11.9 Å². The highest BCUT2D eigenvalue weighted by Gasteiger charge is 2.07. The van der Waals surface area contributed by atoms with Crippen molar-refractivity contribution in [3.8, 4) is 0 Å². The van der Waals surface area contributed by atoms with Crippen molar-refractivity contribution in [3.05, 3.63) is 33.8 Å². The lowest BCUT2D eigenvalue weighted by atomic mass is 10.1. The first-order valence-electron chi connectivity index (χ1n) is 3.87. The third-order valence-corrected chi connectivity index (χ3v) is 2.59. The van der Waals surface area contributed by atoms with E-state index in [1.54, 1.807) is 18.2 Å². The Morgan fingerprint density at radius 2 is 1.86 bits per heavy atom. The van der Waals surface area contributed by atoms with Gasteiger partial charge in [0.1, 0.15) is 11.9 Å². The molecule has 0 radical (unpaired) electrons. The van der Waals surface area contributed by atoms with Crippen LogP contribution in [0, 0.1) is 0 Å². The van der Waals surface area contributed by atoms with E-state index in [0.29, 0.717) is 16.5 Å². The first kappa shape index (κ1) is 11.8. The van der Waals surface area contributed by atoms with Crippen LogP contribution >= 0.6 is 34.8 Å². The molecule has 0 fully saturated rings. The fourth-order valence-electron chi connectivity index (χ4n) is 0.980. The van der Waals surface area contributed by atoms with Crippen LogP contribution in [0.3, 0.4) is 0 Å². The Balaban J connectivity index is 2.91. The fourth-order valence-corrected chi connectivity index (χ4v) is 1.70. The molecule has 14 heavy (non-hydrogen) atoms. The minimum absolute atomic E-state index is 0.280. The van der Waals surface area contributed by atoms with Gasteiger partial charge in [0.05, 0.1) is 0 Å². The Kier molecular flexibility index (Phi) is 4.69. The minimum atomic E-state index is -0.332. The highest BCUT2D eigenvalue weighted by Crippen LogP contribution is 2.25. The van der Waals surface area contributed by atoms with E-state index >= 15 is 0 Å². The normalized spacial score (nSPS) is 11.9. The average molecular weight is 253 g/mol. The van der Waals surface area contributed by atoms with Crippen molar-refractivity contribution in [2.75, 3.05) is 6.73 Å². The van der Waals surface area contributed by atoms with Gasteiger partial charge in [-0.25, -0.2) is 4.99 Å². The van der Waals surface area contributed by atoms with Crippen LogP contribution in [-0.2, 0) is 6.42 Å². The maximum absolute atomic E-state index is 8.52. The van der Waals surface area contributed by atoms with Gasteiger partial charge in [0.15, 0.2) is 0 Å². The van der Waals surface area contributed by atoms with E-state index in [0.717, 1.165) is 5.56 Å². The van der Waals surface area contributed by atoms with Gasteiger partial charge in [0.2, 0.25) is 0 Å². The van der Waals surface area contributed by atoms with Gasteiger partial charge in [-0.3, -0.25) is 0 Å². The molecule has 0 heterocycles. The number of aliphatic imine (C=N–C) groups is 1. The largest absolute Gasteiger partial charge is 0.375 e. The molecular formula is C9H8Cl3NO. The molecular weight excluding hydrogens is 244 g/mol. The summed E-state index contributed by atoms with van der Waals surface area (Å²) in [5.41, 5.74) is 0.720. The van der Waals surface area contributed by atoms with Crippen LogP contribution in [-0.4, -0.2) is 17.0 Å². The van der Waals surface area contributed by atoms with Gasteiger partial charge in [-0.05, 0) is 17.7 Å². The molecule has 0 spiro atoms. The van der Waals surface area contributed by atoms with Crippen molar-refractivity contribution >= 4 is 40.0 Å². The standard InChI is InChI=1S/C9H8Cl3NO/c10-7-2-1-3-8(11)6(7)4-9(12)13-5-14/h1-3,14H,4-5H2. The minimum Gasteiger partial charge on any atom is -0.375 e. The Bertz CT molecular complexity index is 332. The van der Waals surface area contributed by atoms with Gasteiger partial charge in [-0.15, -0.1) is 0 Å². The van der Waals surface area contributed by atoms with Crippen molar-refractivity contribution in [1.29, 1.82) is 0 Å². The van der Waals surface area contributed by atoms with E-state index in [1.165, 1.54) is 0 Å². The van der Waals surface area contributed by atoms with Crippen molar-refractivity contribution in [3.63, 3.8) is 0 Å². The maximum atomic E-state index is 8.52. The zero-order valence-electron chi connectivity index (χ0n) is 7.17. The molecule has 0 bridgehead atoms.